The van der Waals surface area contributed by atoms with Crippen LogP contribution >= 0.6 is 22.6 Å². The van der Waals surface area contributed by atoms with Crippen LogP contribution in [0.15, 0.2) is 54.9 Å². The van der Waals surface area contributed by atoms with Gasteiger partial charge in [-0.15, -0.1) is 0 Å². The summed E-state index contributed by atoms with van der Waals surface area (Å²) in [6.45, 7) is 0. The molecule has 0 saturated heterocycles. The highest BCUT2D eigenvalue weighted by atomic mass is 127. The van der Waals surface area contributed by atoms with Crippen molar-refractivity contribution in [1.29, 1.82) is 0 Å². The second kappa shape index (κ2) is 5.92. The molecule has 1 N–H and O–H groups in total. The number of fused-ring (bicyclic) bond motifs is 1. The van der Waals surface area contributed by atoms with E-state index < -0.39 is 0 Å². The molecule has 0 radical (unpaired) electrons. The Bertz CT molecular complexity index is 831. The molecule has 3 aromatic rings. The summed E-state index contributed by atoms with van der Waals surface area (Å²) in [4.78, 5) is 4.27. The van der Waals surface area contributed by atoms with Crippen molar-refractivity contribution in [2.75, 3.05) is 5.32 Å². The van der Waals surface area contributed by atoms with Crippen LogP contribution in [-0.4, -0.2) is 14.8 Å². The smallest absolute Gasteiger partial charge is 0.222 e. The Hall–Kier alpha value is -1.96. The molecular weight excluding hydrogens is 406 g/mol. The fourth-order valence-electron chi connectivity index (χ4n) is 3.04. The second-order valence-electron chi connectivity index (χ2n) is 5.55. The third-order valence-corrected chi connectivity index (χ3v) is 4.89. The predicted octanol–water partition coefficient (Wildman–Crippen LogP) is 4.17. The number of benzene rings is 2. The van der Waals surface area contributed by atoms with Crippen LogP contribution in [0.1, 0.15) is 29.6 Å². The number of nitrogens with zero attached hydrogens (tertiary/aromatic N) is 3. The Labute approximate surface area is 146 Å². The highest BCUT2D eigenvalue weighted by Crippen LogP contribution is 2.38. The first-order chi connectivity index (χ1) is 11.2. The zero-order chi connectivity index (χ0) is 15.8. The Kier molecular flexibility index (Phi) is 3.76. The van der Waals surface area contributed by atoms with E-state index in [0.29, 0.717) is 11.5 Å². The predicted molar refractivity (Wildman–Crippen MR) is 94.7 cm³/mol. The standard InChI is InChI=1S/C17H14FIN4/c18-14-4-2-1-3-13(14)16-9-15(11-5-7-12(19)8-6-11)22-17-20-10-21-23(16)17/h1-8,10,15-16H,9H2,(H,20,21,22)/t15-,16+/m0/s1. The van der Waals surface area contributed by atoms with E-state index in [4.69, 9.17) is 0 Å². The number of halogens is 2. The molecule has 23 heavy (non-hydrogen) atoms. The van der Waals surface area contributed by atoms with Crippen LogP contribution in [0.4, 0.5) is 10.3 Å². The van der Waals surface area contributed by atoms with E-state index >= 15 is 0 Å². The van der Waals surface area contributed by atoms with Gasteiger partial charge in [0.2, 0.25) is 5.95 Å². The van der Waals surface area contributed by atoms with Gasteiger partial charge in [0.1, 0.15) is 12.1 Å². The summed E-state index contributed by atoms with van der Waals surface area (Å²) >= 11 is 2.29. The van der Waals surface area contributed by atoms with Crippen LogP contribution in [0, 0.1) is 9.39 Å². The molecule has 6 heteroatoms. The number of hydrogen-bond acceptors (Lipinski definition) is 3. The molecule has 4 nitrogen and oxygen atoms in total. The van der Waals surface area contributed by atoms with Crippen LogP contribution in [0.2, 0.25) is 0 Å². The fraction of sp³-hybridized carbons (Fsp3) is 0.176. The summed E-state index contributed by atoms with van der Waals surface area (Å²) in [7, 11) is 0. The molecule has 116 valence electrons. The van der Waals surface area contributed by atoms with Gasteiger partial charge in [0, 0.05) is 9.13 Å². The van der Waals surface area contributed by atoms with Gasteiger partial charge in [0.25, 0.3) is 0 Å². The normalized spacial score (nSPS) is 19.9. The lowest BCUT2D eigenvalue weighted by atomic mass is 9.93. The maximum Gasteiger partial charge on any atom is 0.222 e. The molecule has 0 spiro atoms. The molecule has 0 bridgehead atoms. The monoisotopic (exact) mass is 420 g/mol. The average molecular weight is 420 g/mol. The first-order valence-corrected chi connectivity index (χ1v) is 8.46. The van der Waals surface area contributed by atoms with Crippen LogP contribution in [0.25, 0.3) is 0 Å². The SMILES string of the molecule is Fc1ccccc1[C@H]1C[C@@H](c2ccc(I)cc2)Nc2ncnn21. The van der Waals surface area contributed by atoms with Crippen LogP contribution in [0.5, 0.6) is 0 Å². The van der Waals surface area contributed by atoms with Crippen LogP contribution < -0.4 is 5.32 Å². The van der Waals surface area contributed by atoms with Gasteiger partial charge in [-0.05, 0) is 52.8 Å². The van der Waals surface area contributed by atoms with E-state index in [-0.39, 0.29) is 17.9 Å². The van der Waals surface area contributed by atoms with Gasteiger partial charge < -0.3 is 5.32 Å². The summed E-state index contributed by atoms with van der Waals surface area (Å²) in [6, 6.07) is 15.1. The van der Waals surface area contributed by atoms with E-state index in [1.165, 1.54) is 21.5 Å². The summed E-state index contributed by atoms with van der Waals surface area (Å²) in [6.07, 6.45) is 2.23. The number of anilines is 1. The van der Waals surface area contributed by atoms with Crippen LogP contribution in [-0.2, 0) is 0 Å². The highest BCUT2D eigenvalue weighted by molar-refractivity contribution is 14.1. The molecule has 2 atom stereocenters. The first-order valence-electron chi connectivity index (χ1n) is 7.38. The van der Waals surface area contributed by atoms with Crippen molar-refractivity contribution < 1.29 is 4.39 Å². The molecule has 2 heterocycles. The minimum Gasteiger partial charge on any atom is -0.348 e. The quantitative estimate of drug-likeness (QED) is 0.633. The molecule has 2 aromatic carbocycles. The van der Waals surface area contributed by atoms with E-state index in [1.807, 2.05) is 12.1 Å². The molecule has 1 aliphatic heterocycles. The number of aromatic nitrogens is 3. The minimum absolute atomic E-state index is 0.0771. The first kappa shape index (κ1) is 14.6. The van der Waals surface area contributed by atoms with Gasteiger partial charge in [-0.25, -0.2) is 9.07 Å². The van der Waals surface area contributed by atoms with Crippen molar-refractivity contribution in [3.63, 3.8) is 0 Å². The third kappa shape index (κ3) is 2.71. The Morgan fingerprint density at radius 2 is 1.91 bits per heavy atom. The lowest BCUT2D eigenvalue weighted by Crippen LogP contribution is -2.28. The number of nitrogens with one attached hydrogen (secondary N) is 1. The summed E-state index contributed by atoms with van der Waals surface area (Å²) in [5, 5.41) is 7.67. The largest absolute Gasteiger partial charge is 0.348 e. The lowest BCUT2D eigenvalue weighted by Gasteiger charge is -2.32. The number of rotatable bonds is 2. The van der Waals surface area contributed by atoms with Gasteiger partial charge in [-0.3, -0.25) is 0 Å². The van der Waals surface area contributed by atoms with Crippen molar-refractivity contribution >= 4 is 28.5 Å². The lowest BCUT2D eigenvalue weighted by molar-refractivity contribution is 0.416. The summed E-state index contributed by atoms with van der Waals surface area (Å²) in [5.41, 5.74) is 1.82. The van der Waals surface area contributed by atoms with Crippen molar-refractivity contribution in [2.45, 2.75) is 18.5 Å². The fourth-order valence-corrected chi connectivity index (χ4v) is 3.40. The maximum atomic E-state index is 14.3. The summed E-state index contributed by atoms with van der Waals surface area (Å²) < 4.78 is 17.2. The molecule has 0 unspecified atom stereocenters. The molecule has 1 aromatic heterocycles. The zero-order valence-electron chi connectivity index (χ0n) is 12.2. The molecule has 1 aliphatic rings. The Morgan fingerprint density at radius 3 is 2.70 bits per heavy atom. The maximum absolute atomic E-state index is 14.3. The topological polar surface area (TPSA) is 42.7 Å². The van der Waals surface area contributed by atoms with Gasteiger partial charge in [-0.2, -0.15) is 10.1 Å². The minimum atomic E-state index is -0.206. The Balaban J connectivity index is 1.75. The van der Waals surface area contributed by atoms with E-state index in [9.17, 15) is 4.39 Å². The van der Waals surface area contributed by atoms with E-state index in [2.05, 4.69) is 62.3 Å². The molecular formula is C17H14FIN4. The van der Waals surface area contributed by atoms with Gasteiger partial charge in [0.15, 0.2) is 0 Å². The van der Waals surface area contributed by atoms with Crippen molar-refractivity contribution in [3.05, 3.63) is 75.4 Å². The number of hydrogen-bond donors (Lipinski definition) is 1. The molecule has 0 fully saturated rings. The second-order valence-corrected chi connectivity index (χ2v) is 6.80. The zero-order valence-corrected chi connectivity index (χ0v) is 14.3. The third-order valence-electron chi connectivity index (χ3n) is 4.17. The van der Waals surface area contributed by atoms with Gasteiger partial charge in [0.05, 0.1) is 12.1 Å². The Morgan fingerprint density at radius 1 is 1.13 bits per heavy atom. The van der Waals surface area contributed by atoms with Crippen molar-refractivity contribution in [3.8, 4) is 0 Å². The van der Waals surface area contributed by atoms with Crippen molar-refractivity contribution in [2.24, 2.45) is 0 Å². The molecule has 0 saturated carbocycles. The highest BCUT2D eigenvalue weighted by Gasteiger charge is 2.31. The molecule has 0 aliphatic carbocycles. The van der Waals surface area contributed by atoms with E-state index in [1.54, 1.807) is 10.7 Å². The molecule has 0 amide bonds. The molecule has 4 rings (SSSR count). The van der Waals surface area contributed by atoms with E-state index in [0.717, 1.165) is 6.42 Å². The van der Waals surface area contributed by atoms with Crippen LogP contribution in [0.3, 0.4) is 0 Å². The summed E-state index contributed by atoms with van der Waals surface area (Å²) in [5.74, 6) is 0.468. The van der Waals surface area contributed by atoms with Gasteiger partial charge in [-0.1, -0.05) is 30.3 Å². The van der Waals surface area contributed by atoms with Gasteiger partial charge >= 0.3 is 0 Å². The van der Waals surface area contributed by atoms with Crippen molar-refractivity contribution in [1.82, 2.24) is 14.8 Å². The average Bonchev–Trinajstić information content (AvgIpc) is 3.04.